The Morgan fingerprint density at radius 3 is 2.16 bits per heavy atom. The van der Waals surface area contributed by atoms with Crippen LogP contribution in [0.15, 0.2) is 4.99 Å². The lowest BCUT2D eigenvalue weighted by Gasteiger charge is -2.28. The van der Waals surface area contributed by atoms with Crippen molar-refractivity contribution in [2.45, 2.75) is 24.8 Å². The van der Waals surface area contributed by atoms with Gasteiger partial charge in [0.05, 0.1) is 33.2 Å². The average Bonchev–Trinajstić information content (AvgIpc) is 2.98. The van der Waals surface area contributed by atoms with Crippen molar-refractivity contribution >= 4 is 53.3 Å². The highest BCUT2D eigenvalue weighted by molar-refractivity contribution is 8.40. The number of hydrogen-bond acceptors (Lipinski definition) is 10. The van der Waals surface area contributed by atoms with Crippen LogP contribution in [0.1, 0.15) is 13.8 Å². The van der Waals surface area contributed by atoms with E-state index in [9.17, 15) is 18.9 Å². The molecule has 12 heteroatoms. The molecule has 1 aliphatic heterocycles. The zero-order valence-electron chi connectivity index (χ0n) is 14.3. The van der Waals surface area contributed by atoms with Gasteiger partial charge < -0.3 is 18.5 Å². The van der Waals surface area contributed by atoms with Gasteiger partial charge in [-0.15, -0.1) is 0 Å². The molecule has 25 heavy (non-hydrogen) atoms. The number of aliphatic imine (C=N–C) groups is 1. The normalized spacial score (nSPS) is 17.0. The van der Waals surface area contributed by atoms with Crippen LogP contribution < -0.4 is 0 Å². The molecular formula is C13H20NO8PS2. The highest BCUT2D eigenvalue weighted by atomic mass is 32.2. The Morgan fingerprint density at radius 2 is 1.76 bits per heavy atom. The largest absolute Gasteiger partial charge is 0.468 e. The van der Waals surface area contributed by atoms with Crippen LogP contribution in [0.2, 0.25) is 0 Å². The number of hydrogen-bond donors (Lipinski definition) is 0. The number of ether oxygens (including phenoxy) is 2. The second-order valence-electron chi connectivity index (χ2n) is 4.47. The van der Waals surface area contributed by atoms with Crippen molar-refractivity contribution in [2.24, 2.45) is 4.99 Å². The fourth-order valence-electron chi connectivity index (χ4n) is 1.91. The first kappa shape index (κ1) is 22.2. The highest BCUT2D eigenvalue weighted by Gasteiger charge is 2.52. The fourth-order valence-corrected chi connectivity index (χ4v) is 6.52. The highest BCUT2D eigenvalue weighted by Crippen LogP contribution is 2.56. The molecule has 0 aromatic carbocycles. The summed E-state index contributed by atoms with van der Waals surface area (Å²) in [4.78, 5) is 39.6. The first-order valence-electron chi connectivity index (χ1n) is 7.28. The Balaban J connectivity index is 3.30. The van der Waals surface area contributed by atoms with Crippen LogP contribution in [0, 0.1) is 0 Å². The molecule has 0 fully saturated rings. The lowest BCUT2D eigenvalue weighted by molar-refractivity contribution is -0.146. The van der Waals surface area contributed by atoms with Crippen molar-refractivity contribution in [1.82, 2.24) is 0 Å². The molecule has 9 nitrogen and oxygen atoms in total. The van der Waals surface area contributed by atoms with E-state index >= 15 is 0 Å². The SMILES string of the molecule is CCOP(=O)(OCC)C(C(=O)OC)C(SC1=NC(=O)CS1)C(=O)OC. The molecule has 1 aliphatic rings. The van der Waals surface area contributed by atoms with Gasteiger partial charge in [0.15, 0.2) is 5.66 Å². The van der Waals surface area contributed by atoms with E-state index in [2.05, 4.69) is 4.99 Å². The van der Waals surface area contributed by atoms with Crippen LogP contribution in [-0.4, -0.2) is 66.3 Å². The monoisotopic (exact) mass is 413 g/mol. The van der Waals surface area contributed by atoms with Crippen LogP contribution in [0.3, 0.4) is 0 Å². The Bertz CT molecular complexity index is 587. The number of esters is 2. The van der Waals surface area contributed by atoms with Gasteiger partial charge in [-0.2, -0.15) is 4.99 Å². The molecule has 0 radical (unpaired) electrons. The number of carbonyl (C=O) groups excluding carboxylic acids is 3. The lowest BCUT2D eigenvalue weighted by atomic mass is 10.3. The Kier molecular flexibility index (Phi) is 9.15. The molecule has 2 unspecified atom stereocenters. The van der Waals surface area contributed by atoms with E-state index in [4.69, 9.17) is 18.5 Å². The lowest BCUT2D eigenvalue weighted by Crippen LogP contribution is -2.40. The van der Waals surface area contributed by atoms with Gasteiger partial charge in [0.1, 0.15) is 9.63 Å². The van der Waals surface area contributed by atoms with Crippen molar-refractivity contribution in [1.29, 1.82) is 0 Å². The van der Waals surface area contributed by atoms with Crippen LogP contribution in [0.5, 0.6) is 0 Å². The van der Waals surface area contributed by atoms with Crippen molar-refractivity contribution in [3.63, 3.8) is 0 Å². The third-order valence-corrected chi connectivity index (χ3v) is 7.90. The Labute approximate surface area is 154 Å². The van der Waals surface area contributed by atoms with Gasteiger partial charge in [0, 0.05) is 0 Å². The summed E-state index contributed by atoms with van der Waals surface area (Å²) in [5.74, 6) is -2.00. The number of rotatable bonds is 9. The van der Waals surface area contributed by atoms with Crippen molar-refractivity contribution in [3.8, 4) is 0 Å². The van der Waals surface area contributed by atoms with Crippen LogP contribution in [-0.2, 0) is 37.5 Å². The molecule has 1 heterocycles. The molecule has 1 amide bonds. The summed E-state index contributed by atoms with van der Waals surface area (Å²) >= 11 is 1.92. The van der Waals surface area contributed by atoms with E-state index < -0.39 is 30.4 Å². The number of thioether (sulfide) groups is 2. The first-order valence-corrected chi connectivity index (χ1v) is 10.8. The molecule has 0 aromatic rings. The maximum atomic E-state index is 13.1. The van der Waals surface area contributed by atoms with Gasteiger partial charge in [-0.1, -0.05) is 23.5 Å². The summed E-state index contributed by atoms with van der Waals surface area (Å²) in [5, 5.41) is -1.31. The smallest absolute Gasteiger partial charge is 0.346 e. The van der Waals surface area contributed by atoms with E-state index in [1.807, 2.05) is 0 Å². The minimum absolute atomic E-state index is 0.00247. The molecule has 0 aliphatic carbocycles. The molecule has 0 saturated carbocycles. The maximum absolute atomic E-state index is 13.1. The zero-order chi connectivity index (χ0) is 19.0. The van der Waals surface area contributed by atoms with Gasteiger partial charge in [-0.05, 0) is 13.8 Å². The van der Waals surface area contributed by atoms with E-state index in [1.165, 1.54) is 0 Å². The van der Waals surface area contributed by atoms with Crippen molar-refractivity contribution < 1.29 is 37.5 Å². The van der Waals surface area contributed by atoms with Crippen LogP contribution >= 0.6 is 31.1 Å². The van der Waals surface area contributed by atoms with Crippen LogP contribution in [0.4, 0.5) is 0 Å². The van der Waals surface area contributed by atoms with Gasteiger partial charge >= 0.3 is 19.5 Å². The number of amides is 1. The number of methoxy groups -OCH3 is 2. The third-order valence-electron chi connectivity index (χ3n) is 2.88. The van der Waals surface area contributed by atoms with Gasteiger partial charge in [-0.3, -0.25) is 18.9 Å². The molecule has 0 bridgehead atoms. The molecular weight excluding hydrogens is 393 g/mol. The molecule has 142 valence electrons. The third kappa shape index (κ3) is 5.82. The molecule has 0 aromatic heterocycles. The minimum Gasteiger partial charge on any atom is -0.468 e. The molecule has 0 spiro atoms. The summed E-state index contributed by atoms with van der Waals surface area (Å²) in [7, 11) is -1.81. The molecule has 2 atom stereocenters. The summed E-state index contributed by atoms with van der Waals surface area (Å²) < 4.78 is 33.3. The minimum atomic E-state index is -4.04. The fraction of sp³-hybridized carbons (Fsp3) is 0.692. The summed E-state index contributed by atoms with van der Waals surface area (Å²) in [6.07, 6.45) is 0. The number of nitrogens with zero attached hydrogens (tertiary/aromatic N) is 1. The van der Waals surface area contributed by atoms with E-state index in [-0.39, 0.29) is 29.2 Å². The zero-order valence-corrected chi connectivity index (χ0v) is 16.8. The Hall–Kier alpha value is -0.870. The van der Waals surface area contributed by atoms with Gasteiger partial charge in [0.2, 0.25) is 0 Å². The maximum Gasteiger partial charge on any atom is 0.346 e. The number of carbonyl (C=O) groups is 3. The van der Waals surface area contributed by atoms with Gasteiger partial charge in [0.25, 0.3) is 5.91 Å². The predicted octanol–water partition coefficient (Wildman–Crippen LogP) is 1.70. The standard InChI is InChI=1S/C13H20NO8PS2/c1-5-21-23(18,22-6-2)9(11(16)19-3)10(12(17)20-4)25-13-14-8(15)7-24-13/h9-10H,5-7H2,1-4H3. The van der Waals surface area contributed by atoms with E-state index in [0.29, 0.717) is 0 Å². The topological polar surface area (TPSA) is 118 Å². The van der Waals surface area contributed by atoms with Crippen molar-refractivity contribution in [2.75, 3.05) is 33.2 Å². The van der Waals surface area contributed by atoms with E-state index in [1.54, 1.807) is 13.8 Å². The van der Waals surface area contributed by atoms with Crippen molar-refractivity contribution in [3.05, 3.63) is 0 Å². The first-order chi connectivity index (χ1) is 11.8. The predicted molar refractivity (Wildman–Crippen MR) is 95.0 cm³/mol. The van der Waals surface area contributed by atoms with E-state index in [0.717, 1.165) is 37.7 Å². The van der Waals surface area contributed by atoms with Gasteiger partial charge in [-0.25, -0.2) is 0 Å². The average molecular weight is 413 g/mol. The van der Waals surface area contributed by atoms with Crippen LogP contribution in [0.25, 0.3) is 0 Å². The second-order valence-corrected chi connectivity index (χ2v) is 8.97. The summed E-state index contributed by atoms with van der Waals surface area (Å²) in [6, 6.07) is 0. The quantitative estimate of drug-likeness (QED) is 0.408. The molecule has 1 rings (SSSR count). The molecule has 0 N–H and O–H groups in total. The second kappa shape index (κ2) is 10.3. The summed E-state index contributed by atoms with van der Waals surface area (Å²) in [5.41, 5.74) is -1.56. The summed E-state index contributed by atoms with van der Waals surface area (Å²) in [6.45, 7) is 3.15. The Morgan fingerprint density at radius 1 is 1.20 bits per heavy atom. The molecule has 0 saturated heterocycles.